The minimum absolute atomic E-state index is 0. The molecule has 74 heavy (non-hydrogen) atoms. The van der Waals surface area contributed by atoms with Crippen LogP contribution in [0.5, 0.6) is 0 Å². The van der Waals surface area contributed by atoms with Gasteiger partial charge >= 0.3 is 11.9 Å². The quantitative estimate of drug-likeness (QED) is 0.0709. The maximum absolute atomic E-state index is 13.9. The Labute approximate surface area is 443 Å². The zero-order valence-electron chi connectivity index (χ0n) is 44.4. The number of esters is 2. The van der Waals surface area contributed by atoms with Crippen molar-refractivity contribution in [2.24, 2.45) is 68.0 Å². The van der Waals surface area contributed by atoms with Gasteiger partial charge in [-0.3, -0.25) is 9.59 Å². The lowest BCUT2D eigenvalue weighted by atomic mass is 9.44. The van der Waals surface area contributed by atoms with Crippen LogP contribution in [0.2, 0.25) is 0 Å². The number of rotatable bonds is 16. The second kappa shape index (κ2) is 24.5. The van der Waals surface area contributed by atoms with Crippen molar-refractivity contribution in [2.75, 3.05) is 26.8 Å². The van der Waals surface area contributed by atoms with Crippen molar-refractivity contribution < 1.29 is 57.8 Å². The Morgan fingerprint density at radius 1 is 0.635 bits per heavy atom. The van der Waals surface area contributed by atoms with Crippen LogP contribution in [0.3, 0.4) is 0 Å². The fourth-order valence-electron chi connectivity index (χ4n) is 15.5. The van der Waals surface area contributed by atoms with Crippen molar-refractivity contribution >= 4 is 23.5 Å². The van der Waals surface area contributed by atoms with Crippen LogP contribution >= 0.6 is 0 Å². The minimum Gasteiger partial charge on any atom is -0.460 e. The van der Waals surface area contributed by atoms with Gasteiger partial charge in [0.2, 0.25) is 0 Å². The molecule has 0 aromatic heterocycles. The largest absolute Gasteiger partial charge is 0.460 e. The lowest BCUT2D eigenvalue weighted by Crippen LogP contribution is -2.63. The van der Waals surface area contributed by atoms with Crippen LogP contribution in [-0.4, -0.2) is 84.9 Å². The van der Waals surface area contributed by atoms with E-state index >= 15 is 0 Å². The molecule has 6 aliphatic carbocycles. The predicted molar refractivity (Wildman–Crippen MR) is 287 cm³/mol. The van der Waals surface area contributed by atoms with Gasteiger partial charge in [0.15, 0.2) is 0 Å². The first-order valence-corrected chi connectivity index (χ1v) is 26.6. The molecule has 0 saturated heterocycles. The molecule has 2 unspecified atom stereocenters. The highest BCUT2D eigenvalue weighted by Gasteiger charge is 2.70. The molecule has 12 heteroatoms. The molecular formula is C62H92O12. The highest BCUT2D eigenvalue weighted by molar-refractivity contribution is 5.86. The van der Waals surface area contributed by atoms with Gasteiger partial charge in [0.25, 0.3) is 0 Å². The van der Waals surface area contributed by atoms with Crippen LogP contribution in [0.25, 0.3) is 0 Å². The van der Waals surface area contributed by atoms with Crippen LogP contribution in [-0.2, 0) is 60.8 Å². The molecule has 0 radical (unpaired) electrons. The molecule has 2 aromatic rings. The Balaban J connectivity index is 0.000000300. The summed E-state index contributed by atoms with van der Waals surface area (Å²) in [4.78, 5) is 52.4. The molecule has 4 bridgehead atoms. The van der Waals surface area contributed by atoms with E-state index in [0.717, 1.165) is 49.7 Å². The van der Waals surface area contributed by atoms with Crippen molar-refractivity contribution in [1.82, 2.24) is 0 Å². The van der Waals surface area contributed by atoms with E-state index in [0.29, 0.717) is 38.9 Å². The Bertz CT molecular complexity index is 2230. The van der Waals surface area contributed by atoms with E-state index in [-0.39, 0.29) is 99.1 Å². The average molecular weight is 1030 g/mol. The summed E-state index contributed by atoms with van der Waals surface area (Å²) in [6.07, 6.45) is 9.02. The van der Waals surface area contributed by atoms with E-state index in [2.05, 4.69) is 61.6 Å². The molecule has 6 saturated carbocycles. The van der Waals surface area contributed by atoms with E-state index < -0.39 is 58.5 Å². The lowest BCUT2D eigenvalue weighted by Gasteiger charge is -2.62. The fraction of sp³-hybridized carbons (Fsp3) is 0.677. The van der Waals surface area contributed by atoms with Gasteiger partial charge in [-0.25, -0.2) is 9.59 Å². The van der Waals surface area contributed by atoms with Gasteiger partial charge < -0.3 is 38.6 Å². The number of carbonyl (C=O) groups is 4. The fourth-order valence-corrected chi connectivity index (χ4v) is 15.5. The Morgan fingerprint density at radius 2 is 1.08 bits per heavy atom. The van der Waals surface area contributed by atoms with E-state index in [1.807, 2.05) is 73.7 Å². The number of ether oxygens (including phenoxy) is 6. The van der Waals surface area contributed by atoms with Crippen molar-refractivity contribution in [3.8, 4) is 0 Å². The molecule has 6 fully saturated rings. The van der Waals surface area contributed by atoms with Gasteiger partial charge in [-0.15, -0.1) is 13.2 Å². The highest BCUT2D eigenvalue weighted by Crippen LogP contribution is 2.70. The summed E-state index contributed by atoms with van der Waals surface area (Å²) >= 11 is 0. The van der Waals surface area contributed by atoms with Gasteiger partial charge in [0.1, 0.15) is 50.6 Å². The first-order chi connectivity index (χ1) is 34.2. The van der Waals surface area contributed by atoms with Crippen LogP contribution in [0.1, 0.15) is 146 Å². The first kappa shape index (κ1) is 60.8. The third kappa shape index (κ3) is 11.2. The van der Waals surface area contributed by atoms with Gasteiger partial charge in [0.05, 0.1) is 25.4 Å². The van der Waals surface area contributed by atoms with E-state index in [9.17, 15) is 29.4 Å². The number of carbonyl (C=O) groups excluding carboxylic acids is 4. The van der Waals surface area contributed by atoms with Gasteiger partial charge in [0, 0.05) is 46.3 Å². The number of benzene rings is 2. The summed E-state index contributed by atoms with van der Waals surface area (Å²) in [7, 11) is 0. The molecular weight excluding hydrogens is 937 g/mol. The van der Waals surface area contributed by atoms with Crippen molar-refractivity contribution in [2.45, 2.75) is 172 Å². The molecule has 6 aliphatic rings. The molecule has 12 nitrogen and oxygen atoms in total. The Morgan fingerprint density at radius 3 is 1.55 bits per heavy atom. The number of aliphatic hydroxyl groups is 2. The van der Waals surface area contributed by atoms with Gasteiger partial charge in [-0.2, -0.15) is 0 Å². The molecule has 2 aromatic carbocycles. The summed E-state index contributed by atoms with van der Waals surface area (Å²) in [6.45, 7) is 25.3. The van der Waals surface area contributed by atoms with Crippen LogP contribution in [0.4, 0.5) is 0 Å². The topological polar surface area (TPSA) is 164 Å². The first-order valence-electron chi connectivity index (χ1n) is 26.6. The summed E-state index contributed by atoms with van der Waals surface area (Å²) in [6, 6.07) is 19.8. The van der Waals surface area contributed by atoms with E-state index in [1.165, 1.54) is 0 Å². The second-order valence-corrected chi connectivity index (χ2v) is 23.7. The average Bonchev–Trinajstić information content (AvgIpc) is 3.93. The third-order valence-corrected chi connectivity index (χ3v) is 20.2. The molecule has 0 amide bonds. The van der Waals surface area contributed by atoms with E-state index in [4.69, 9.17) is 28.4 Å². The molecule has 2 N–H and O–H groups in total. The minimum atomic E-state index is -0.686. The lowest BCUT2D eigenvalue weighted by molar-refractivity contribution is -0.227. The molecule has 0 aliphatic heterocycles. The standard InChI is InChI=1S/C38H50O7.C22H34O5.2CH4/c1-6-36(4)21-32(45-33(40)24-43-25-41-22-29-13-9-7-10-14-29)37(5)27(2)17-19-38(20-18-31(39)34(37)38)28(3)35(36)44-26-42-23-30-15-11-8-12-16-30;1-6-20(4)11-16(27-17(25)12-23)21(5)13(2)7-9-22(14(3)19(20)26)10-8-15(24)18(21)22;;/h6-16,27-28,32,34-35H,1,17-26H2,2-5H3;6,13-14,16,18-19,23,26H,1,7-12H2,2-5H3;2*1H4/t27-,28+,32-,34?,35+,36-,37+,38+;13-,14+,16-,18?,19+,20-,21+,22+;;/m11../s1. The molecule has 412 valence electrons. The molecule has 0 spiro atoms. The number of hydrogen-bond donors (Lipinski definition) is 2. The number of aliphatic hydroxyl groups excluding tert-OH is 2. The van der Waals surface area contributed by atoms with Crippen LogP contribution in [0.15, 0.2) is 86.0 Å². The normalized spacial score (nSPS) is 39.1. The van der Waals surface area contributed by atoms with Crippen molar-refractivity contribution in [1.29, 1.82) is 0 Å². The third-order valence-electron chi connectivity index (χ3n) is 20.2. The number of ketones is 2. The summed E-state index contributed by atoms with van der Waals surface area (Å²) in [5.74, 6) is -0.647. The second-order valence-electron chi connectivity index (χ2n) is 23.7. The maximum atomic E-state index is 13.9. The summed E-state index contributed by atoms with van der Waals surface area (Å²) in [5.41, 5.74) is -0.638. The van der Waals surface area contributed by atoms with Crippen molar-refractivity contribution in [3.63, 3.8) is 0 Å². The van der Waals surface area contributed by atoms with Crippen molar-refractivity contribution in [3.05, 3.63) is 97.1 Å². The Hall–Kier alpha value is -4.04. The van der Waals surface area contributed by atoms with Gasteiger partial charge in [-0.05, 0) is 97.0 Å². The molecule has 16 atom stereocenters. The smallest absolute Gasteiger partial charge is 0.332 e. The predicted octanol–water partition coefficient (Wildman–Crippen LogP) is 11.4. The number of hydrogen-bond acceptors (Lipinski definition) is 12. The summed E-state index contributed by atoms with van der Waals surface area (Å²) < 4.78 is 36.0. The maximum Gasteiger partial charge on any atom is 0.332 e. The van der Waals surface area contributed by atoms with Crippen LogP contribution < -0.4 is 0 Å². The van der Waals surface area contributed by atoms with Gasteiger partial charge in [-0.1, -0.05) is 143 Å². The van der Waals surface area contributed by atoms with E-state index in [1.54, 1.807) is 6.08 Å². The number of Topliss-reactive ketones (excluding diaryl/α,β-unsaturated/α-hetero) is 2. The monoisotopic (exact) mass is 1030 g/mol. The molecule has 0 heterocycles. The zero-order chi connectivity index (χ0) is 52.3. The SMILES string of the molecule is C.C.C=C[C@]1(C)C[C@@H](OC(=O)CO)[C@@]2(C)C3C(=O)CC[C@@]3(CC[C@H]2C)[C@@H](C)[C@@H]1O.C=C[C@]1(C)C[C@@H](OC(=O)COCOCc2ccccc2)[C@@]2(C)C3C(=O)CC[C@@]3(CC[C@H]2C)[C@@H](C)[C@@H]1OCOCc1ccccc1. The zero-order valence-corrected chi connectivity index (χ0v) is 44.4. The van der Waals surface area contributed by atoms with Crippen LogP contribution in [0, 0.1) is 68.0 Å². The molecule has 8 rings (SSSR count). The summed E-state index contributed by atoms with van der Waals surface area (Å²) in [5, 5.41) is 20.6. The highest BCUT2D eigenvalue weighted by atomic mass is 16.7. The Kier molecular flexibility index (Phi) is 20.2.